The zero-order valence-electron chi connectivity index (χ0n) is 16.8. The lowest BCUT2D eigenvalue weighted by Gasteiger charge is -2.32. The summed E-state index contributed by atoms with van der Waals surface area (Å²) < 4.78 is 5.35. The fourth-order valence-corrected chi connectivity index (χ4v) is 3.44. The largest absolute Gasteiger partial charge is 0.388 e. The summed E-state index contributed by atoms with van der Waals surface area (Å²) in [5.41, 5.74) is 6.04. The predicted octanol–water partition coefficient (Wildman–Crippen LogP) is -1.36. The molecule has 4 atom stereocenters. The molecular formula is C18H35N3O6S. The topological polar surface area (TPSA) is 137 Å². The van der Waals surface area contributed by atoms with Gasteiger partial charge in [0.05, 0.1) is 12.6 Å². The van der Waals surface area contributed by atoms with Gasteiger partial charge in [-0.2, -0.15) is 11.8 Å². The molecule has 0 radical (unpaired) electrons. The molecule has 0 spiro atoms. The number of carbonyl (C=O) groups is 2. The minimum atomic E-state index is -1.43. The molecule has 1 fully saturated rings. The first-order chi connectivity index (χ1) is 13.3. The maximum absolute atomic E-state index is 12.7. The number of nitrogens with zero attached hydrogens (tertiary/aromatic N) is 2. The monoisotopic (exact) mass is 421 g/mol. The maximum Gasteiger partial charge on any atom is 0.239 e. The van der Waals surface area contributed by atoms with Gasteiger partial charge in [0.15, 0.2) is 0 Å². The highest BCUT2D eigenvalue weighted by Crippen LogP contribution is 2.09. The molecule has 9 nitrogen and oxygen atoms in total. The quantitative estimate of drug-likeness (QED) is 0.437. The third-order valence-electron chi connectivity index (χ3n) is 4.80. The van der Waals surface area contributed by atoms with E-state index in [1.807, 2.05) is 6.26 Å². The van der Waals surface area contributed by atoms with E-state index >= 15 is 0 Å². The van der Waals surface area contributed by atoms with Crippen LogP contribution in [0, 0.1) is 0 Å². The van der Waals surface area contributed by atoms with E-state index in [0.717, 1.165) is 5.75 Å². The van der Waals surface area contributed by atoms with Gasteiger partial charge in [-0.3, -0.25) is 9.59 Å². The Bertz CT molecular complexity index is 484. The number of nitrogens with two attached hydrogens (primary N) is 1. The number of hydrogen-bond acceptors (Lipinski definition) is 8. The lowest BCUT2D eigenvalue weighted by atomic mass is 10.1. The summed E-state index contributed by atoms with van der Waals surface area (Å²) in [6.07, 6.45) is -0.0760. The first-order valence-electron chi connectivity index (χ1n) is 9.68. The van der Waals surface area contributed by atoms with E-state index in [9.17, 15) is 24.9 Å². The van der Waals surface area contributed by atoms with Gasteiger partial charge in [-0.05, 0) is 31.3 Å². The Hall–Kier alpha value is -0.910. The Kier molecular flexibility index (Phi) is 12.0. The minimum absolute atomic E-state index is 0.111. The van der Waals surface area contributed by atoms with Gasteiger partial charge in [-0.15, -0.1) is 0 Å². The van der Waals surface area contributed by atoms with Gasteiger partial charge in [0, 0.05) is 39.7 Å². The van der Waals surface area contributed by atoms with Crippen LogP contribution >= 0.6 is 11.8 Å². The number of thioether (sulfide) groups is 1. The number of ether oxygens (including phenoxy) is 1. The summed E-state index contributed by atoms with van der Waals surface area (Å²) in [6, 6.07) is -0.587. The van der Waals surface area contributed by atoms with E-state index in [0.29, 0.717) is 32.4 Å². The van der Waals surface area contributed by atoms with Gasteiger partial charge in [-0.1, -0.05) is 0 Å². The van der Waals surface area contributed by atoms with E-state index in [1.165, 1.54) is 11.8 Å². The first-order valence-corrected chi connectivity index (χ1v) is 11.1. The Morgan fingerprint density at radius 1 is 1.14 bits per heavy atom. The lowest BCUT2D eigenvalue weighted by Crippen LogP contribution is -2.51. The van der Waals surface area contributed by atoms with Crippen LogP contribution in [0.25, 0.3) is 0 Å². The molecule has 28 heavy (non-hydrogen) atoms. The molecule has 0 aromatic carbocycles. The average molecular weight is 422 g/mol. The lowest BCUT2D eigenvalue weighted by molar-refractivity contribution is -0.138. The number of aliphatic hydroxyl groups is 3. The van der Waals surface area contributed by atoms with E-state index in [-0.39, 0.29) is 38.1 Å². The zero-order chi connectivity index (χ0) is 21.1. The normalized spacial score (nSPS) is 27.1. The molecule has 1 saturated heterocycles. The Labute approximate surface area is 171 Å². The van der Waals surface area contributed by atoms with Crippen LogP contribution in [0.1, 0.15) is 26.2 Å². The molecule has 1 rings (SSSR count). The van der Waals surface area contributed by atoms with Gasteiger partial charge in [0.25, 0.3) is 0 Å². The number of aliphatic hydroxyl groups excluding tert-OH is 3. The van der Waals surface area contributed by atoms with Crippen molar-refractivity contribution in [2.75, 3.05) is 51.4 Å². The molecule has 0 saturated carbocycles. The van der Waals surface area contributed by atoms with E-state index in [4.69, 9.17) is 10.5 Å². The smallest absolute Gasteiger partial charge is 0.239 e. The van der Waals surface area contributed by atoms with Crippen LogP contribution in [0.2, 0.25) is 0 Å². The van der Waals surface area contributed by atoms with Gasteiger partial charge in [0.2, 0.25) is 11.8 Å². The zero-order valence-corrected chi connectivity index (χ0v) is 17.6. The minimum Gasteiger partial charge on any atom is -0.388 e. The summed E-state index contributed by atoms with van der Waals surface area (Å²) in [4.78, 5) is 27.7. The Morgan fingerprint density at radius 2 is 1.82 bits per heavy atom. The summed E-state index contributed by atoms with van der Waals surface area (Å²) in [5.74, 6) is 0.352. The van der Waals surface area contributed by atoms with Crippen molar-refractivity contribution in [1.29, 1.82) is 0 Å². The second-order valence-electron chi connectivity index (χ2n) is 7.09. The van der Waals surface area contributed by atoms with Crippen molar-refractivity contribution in [3.05, 3.63) is 0 Å². The summed E-state index contributed by atoms with van der Waals surface area (Å²) >= 11 is 1.63. The Balaban J connectivity index is 2.84. The molecule has 1 heterocycles. The number of carbonyl (C=O) groups excluding carboxylic acids is 2. The van der Waals surface area contributed by atoms with Crippen LogP contribution in [0.3, 0.4) is 0 Å². The van der Waals surface area contributed by atoms with Crippen molar-refractivity contribution in [2.45, 2.75) is 50.5 Å². The average Bonchev–Trinajstić information content (AvgIpc) is 2.67. The first kappa shape index (κ1) is 25.1. The van der Waals surface area contributed by atoms with Gasteiger partial charge >= 0.3 is 0 Å². The highest BCUT2D eigenvalue weighted by atomic mass is 32.2. The fraction of sp³-hybridized carbons (Fsp3) is 0.889. The second kappa shape index (κ2) is 13.3. The Morgan fingerprint density at radius 3 is 2.46 bits per heavy atom. The molecule has 0 aliphatic carbocycles. The molecule has 0 aromatic heterocycles. The van der Waals surface area contributed by atoms with Gasteiger partial charge in [-0.25, -0.2) is 0 Å². The summed E-state index contributed by atoms with van der Waals surface area (Å²) in [6.45, 7) is 2.48. The van der Waals surface area contributed by atoms with Crippen LogP contribution in [0.15, 0.2) is 0 Å². The predicted molar refractivity (Wildman–Crippen MR) is 108 cm³/mol. The van der Waals surface area contributed by atoms with Crippen LogP contribution in [-0.4, -0.2) is 113 Å². The standard InChI is InChI=1S/C18H35N3O6S/c1-13(22)21-8-7-20(18(26)14(19)5-10-28-2)6-3-4-9-27-12-16(24)17(25)15(23)11-21/h14-17,23-25H,3-12,19H2,1-2H3/t14-,15-,16+,17+/m0/s1. The number of β-amino-alcohol motifs (C(OH)–C–C–N with tert-alkyl or cyclic N) is 1. The van der Waals surface area contributed by atoms with Crippen molar-refractivity contribution in [2.24, 2.45) is 5.73 Å². The molecule has 1 aliphatic heterocycles. The highest BCUT2D eigenvalue weighted by molar-refractivity contribution is 7.98. The van der Waals surface area contributed by atoms with E-state index in [2.05, 4.69) is 0 Å². The summed E-state index contributed by atoms with van der Waals surface area (Å²) in [5, 5.41) is 30.1. The van der Waals surface area contributed by atoms with Crippen molar-refractivity contribution >= 4 is 23.6 Å². The summed E-state index contributed by atoms with van der Waals surface area (Å²) in [7, 11) is 0. The van der Waals surface area contributed by atoms with Crippen LogP contribution in [-0.2, 0) is 14.3 Å². The van der Waals surface area contributed by atoms with E-state index in [1.54, 1.807) is 16.7 Å². The van der Waals surface area contributed by atoms with Crippen molar-refractivity contribution in [3.63, 3.8) is 0 Å². The number of amides is 2. The van der Waals surface area contributed by atoms with Crippen molar-refractivity contribution in [3.8, 4) is 0 Å². The van der Waals surface area contributed by atoms with Crippen molar-refractivity contribution in [1.82, 2.24) is 9.80 Å². The fourth-order valence-electron chi connectivity index (χ4n) is 2.95. The highest BCUT2D eigenvalue weighted by Gasteiger charge is 2.28. The van der Waals surface area contributed by atoms with Gasteiger partial charge < -0.3 is 35.6 Å². The van der Waals surface area contributed by atoms with Crippen LogP contribution < -0.4 is 5.73 Å². The molecule has 0 aromatic rings. The van der Waals surface area contributed by atoms with Gasteiger partial charge in [0.1, 0.15) is 18.3 Å². The van der Waals surface area contributed by atoms with E-state index < -0.39 is 24.4 Å². The molecule has 1 aliphatic rings. The van der Waals surface area contributed by atoms with Crippen LogP contribution in [0.4, 0.5) is 0 Å². The molecule has 164 valence electrons. The number of hydrogen-bond donors (Lipinski definition) is 4. The van der Waals surface area contributed by atoms with Crippen LogP contribution in [0.5, 0.6) is 0 Å². The molecule has 0 unspecified atom stereocenters. The number of rotatable bonds is 4. The molecule has 10 heteroatoms. The molecule has 5 N–H and O–H groups in total. The second-order valence-corrected chi connectivity index (χ2v) is 8.07. The SMILES string of the molecule is CSCC[C@H](N)C(=O)N1CCCCOC[C@@H](O)[C@H](O)[C@@H](O)CN(C(C)=O)CC1. The molecule has 2 amide bonds. The van der Waals surface area contributed by atoms with Crippen molar-refractivity contribution < 1.29 is 29.6 Å². The molecule has 0 bridgehead atoms. The third-order valence-corrected chi connectivity index (χ3v) is 5.44. The maximum atomic E-state index is 12.7. The third kappa shape index (κ3) is 8.62. The molecular weight excluding hydrogens is 386 g/mol.